The van der Waals surface area contributed by atoms with Gasteiger partial charge in [-0.05, 0) is 25.1 Å². The Bertz CT molecular complexity index is 910. The van der Waals surface area contributed by atoms with Gasteiger partial charge in [0.2, 0.25) is 0 Å². The van der Waals surface area contributed by atoms with E-state index in [-0.39, 0.29) is 18.4 Å². The summed E-state index contributed by atoms with van der Waals surface area (Å²) in [5.41, 5.74) is 0.842. The molecular formula is C17H16N4O2S2. The van der Waals surface area contributed by atoms with Gasteiger partial charge in [-0.1, -0.05) is 23.5 Å². The average Bonchev–Trinajstić information content (AvgIpc) is 3.14. The van der Waals surface area contributed by atoms with Crippen LogP contribution in [0.15, 0.2) is 30.3 Å². The Morgan fingerprint density at radius 2 is 2.20 bits per heavy atom. The Hall–Kier alpha value is -2.63. The van der Waals surface area contributed by atoms with Gasteiger partial charge in [-0.15, -0.1) is 11.3 Å². The lowest BCUT2D eigenvalue weighted by Gasteiger charge is -2.08. The van der Waals surface area contributed by atoms with Gasteiger partial charge in [0.25, 0.3) is 5.91 Å². The van der Waals surface area contributed by atoms with E-state index in [9.17, 15) is 4.79 Å². The van der Waals surface area contributed by atoms with Crippen molar-refractivity contribution in [2.24, 2.45) is 0 Å². The number of nitrogens with zero attached hydrogens (tertiary/aromatic N) is 2. The number of methoxy groups -OCH3 is 1. The highest BCUT2D eigenvalue weighted by Crippen LogP contribution is 2.35. The van der Waals surface area contributed by atoms with Crippen LogP contribution in [0.2, 0.25) is 0 Å². The summed E-state index contributed by atoms with van der Waals surface area (Å²) in [4.78, 5) is 18.1. The van der Waals surface area contributed by atoms with Crippen LogP contribution in [-0.2, 0) is 0 Å². The molecule has 0 spiro atoms. The largest absolute Gasteiger partial charge is 0.495 e. The van der Waals surface area contributed by atoms with Crippen LogP contribution in [0.3, 0.4) is 0 Å². The Balaban J connectivity index is 1.76. The van der Waals surface area contributed by atoms with E-state index >= 15 is 0 Å². The molecule has 1 aromatic carbocycles. The zero-order valence-electron chi connectivity index (χ0n) is 13.7. The summed E-state index contributed by atoms with van der Waals surface area (Å²) in [6, 6.07) is 11.3. The maximum Gasteiger partial charge on any atom is 0.261 e. The number of carbonyl (C=O) groups is 1. The van der Waals surface area contributed by atoms with Crippen LogP contribution >= 0.6 is 22.7 Å². The van der Waals surface area contributed by atoms with Crippen LogP contribution in [-0.4, -0.2) is 24.0 Å². The average molecular weight is 372 g/mol. The number of benzene rings is 1. The Kier molecular flexibility index (Phi) is 5.16. The summed E-state index contributed by atoms with van der Waals surface area (Å²) in [5, 5.41) is 15.5. The van der Waals surface area contributed by atoms with Crippen molar-refractivity contribution in [3.63, 3.8) is 0 Å². The second kappa shape index (κ2) is 7.51. The summed E-state index contributed by atoms with van der Waals surface area (Å²) >= 11 is 2.82. The lowest BCUT2D eigenvalue weighted by molar-refractivity contribution is 0.0945. The van der Waals surface area contributed by atoms with Crippen LogP contribution in [0.1, 0.15) is 23.0 Å². The lowest BCUT2D eigenvalue weighted by atomic mass is 10.2. The normalized spacial score (nSPS) is 11.7. The number of para-hydroxylation sites is 2. The van der Waals surface area contributed by atoms with Gasteiger partial charge < -0.3 is 15.4 Å². The number of ether oxygens (including phenoxy) is 1. The van der Waals surface area contributed by atoms with Crippen molar-refractivity contribution in [3.05, 3.63) is 35.2 Å². The minimum atomic E-state index is -0.173. The van der Waals surface area contributed by atoms with Gasteiger partial charge in [0.15, 0.2) is 5.13 Å². The second-order valence-corrected chi connectivity index (χ2v) is 7.42. The molecule has 6 nitrogen and oxygen atoms in total. The monoisotopic (exact) mass is 372 g/mol. The van der Waals surface area contributed by atoms with E-state index in [0.717, 1.165) is 26.1 Å². The molecule has 0 saturated carbocycles. The molecule has 3 rings (SSSR count). The van der Waals surface area contributed by atoms with Gasteiger partial charge in [0.1, 0.15) is 10.6 Å². The number of nitriles is 1. The molecule has 2 N–H and O–H groups in total. The molecule has 0 bridgehead atoms. The van der Waals surface area contributed by atoms with Crippen molar-refractivity contribution in [3.8, 4) is 11.8 Å². The van der Waals surface area contributed by atoms with Crippen molar-refractivity contribution in [1.82, 2.24) is 10.3 Å². The number of thiazole rings is 1. The number of carbonyl (C=O) groups excluding carboxylic acids is 1. The van der Waals surface area contributed by atoms with E-state index in [4.69, 9.17) is 10.00 Å². The SMILES string of the molecule is COc1ccccc1Nc1nc2sc(C(=O)N[C@H](C)CC#N)cc2s1. The summed E-state index contributed by atoms with van der Waals surface area (Å²) in [5.74, 6) is 0.574. The first-order chi connectivity index (χ1) is 12.1. The van der Waals surface area contributed by atoms with Gasteiger partial charge in [-0.3, -0.25) is 4.79 Å². The maximum absolute atomic E-state index is 12.2. The fourth-order valence-electron chi connectivity index (χ4n) is 2.25. The summed E-state index contributed by atoms with van der Waals surface area (Å²) in [7, 11) is 1.62. The third-order valence-electron chi connectivity index (χ3n) is 3.44. The molecule has 128 valence electrons. The van der Waals surface area contributed by atoms with Crippen LogP contribution < -0.4 is 15.4 Å². The summed E-state index contributed by atoms with van der Waals surface area (Å²) < 4.78 is 6.27. The van der Waals surface area contributed by atoms with Crippen LogP contribution in [0.25, 0.3) is 9.53 Å². The molecule has 1 atom stereocenters. The fraction of sp³-hybridized carbons (Fsp3) is 0.235. The molecule has 0 aliphatic heterocycles. The number of amides is 1. The first kappa shape index (κ1) is 17.2. The van der Waals surface area contributed by atoms with Crippen molar-refractivity contribution in [2.75, 3.05) is 12.4 Å². The number of nitrogens with one attached hydrogen (secondary N) is 2. The van der Waals surface area contributed by atoms with Gasteiger partial charge in [0, 0.05) is 6.04 Å². The first-order valence-electron chi connectivity index (χ1n) is 7.59. The van der Waals surface area contributed by atoms with Crippen molar-refractivity contribution < 1.29 is 9.53 Å². The van der Waals surface area contributed by atoms with E-state index in [2.05, 4.69) is 15.6 Å². The number of thiophene rings is 1. The third kappa shape index (κ3) is 3.90. The summed E-state index contributed by atoms with van der Waals surface area (Å²) in [6.07, 6.45) is 0.288. The number of hydrogen-bond donors (Lipinski definition) is 2. The highest BCUT2D eigenvalue weighted by molar-refractivity contribution is 7.29. The predicted octanol–water partition coefficient (Wildman–Crippen LogP) is 4.14. The highest BCUT2D eigenvalue weighted by Gasteiger charge is 2.16. The van der Waals surface area contributed by atoms with E-state index < -0.39 is 0 Å². The van der Waals surface area contributed by atoms with Gasteiger partial charge in [0.05, 0.1) is 34.9 Å². The quantitative estimate of drug-likeness (QED) is 0.679. The molecule has 0 aliphatic carbocycles. The van der Waals surface area contributed by atoms with E-state index in [1.165, 1.54) is 22.7 Å². The van der Waals surface area contributed by atoms with Gasteiger partial charge >= 0.3 is 0 Å². The second-order valence-electron chi connectivity index (χ2n) is 5.36. The van der Waals surface area contributed by atoms with E-state index in [1.54, 1.807) is 7.11 Å². The minimum absolute atomic E-state index is 0.169. The molecule has 2 aromatic heterocycles. The van der Waals surface area contributed by atoms with Gasteiger partial charge in [-0.25, -0.2) is 4.98 Å². The number of hydrogen-bond acceptors (Lipinski definition) is 7. The number of rotatable bonds is 6. The smallest absolute Gasteiger partial charge is 0.261 e. The number of aromatic nitrogens is 1. The zero-order valence-corrected chi connectivity index (χ0v) is 15.3. The molecule has 2 heterocycles. The molecule has 8 heteroatoms. The highest BCUT2D eigenvalue weighted by atomic mass is 32.1. The van der Waals surface area contributed by atoms with Crippen molar-refractivity contribution >= 4 is 48.9 Å². The number of fused-ring (bicyclic) bond motifs is 1. The van der Waals surface area contributed by atoms with Crippen LogP contribution in [0.5, 0.6) is 5.75 Å². The Morgan fingerprint density at radius 1 is 1.40 bits per heavy atom. The molecule has 0 saturated heterocycles. The molecule has 0 radical (unpaired) electrons. The van der Waals surface area contributed by atoms with E-state index in [1.807, 2.05) is 43.3 Å². The predicted molar refractivity (Wildman–Crippen MR) is 101 cm³/mol. The molecule has 1 amide bonds. The van der Waals surface area contributed by atoms with E-state index in [0.29, 0.717) is 4.88 Å². The molecule has 0 fully saturated rings. The van der Waals surface area contributed by atoms with Crippen LogP contribution in [0, 0.1) is 11.3 Å². The number of anilines is 2. The standard InChI is InChI=1S/C17H16N4O2S2/c1-10(7-8-18)19-15(22)13-9-14-16(24-13)21-17(25-14)20-11-5-3-4-6-12(11)23-2/h3-6,9-10H,7H2,1-2H3,(H,19,22)(H,20,21)/t10-/m1/s1. The molecule has 0 aliphatic rings. The maximum atomic E-state index is 12.2. The zero-order chi connectivity index (χ0) is 17.8. The third-order valence-corrected chi connectivity index (χ3v) is 5.51. The molecule has 3 aromatic rings. The van der Waals surface area contributed by atoms with Crippen molar-refractivity contribution in [1.29, 1.82) is 5.26 Å². The molecule has 25 heavy (non-hydrogen) atoms. The minimum Gasteiger partial charge on any atom is -0.495 e. The van der Waals surface area contributed by atoms with Gasteiger partial charge in [-0.2, -0.15) is 5.26 Å². The van der Waals surface area contributed by atoms with Crippen molar-refractivity contribution in [2.45, 2.75) is 19.4 Å². The first-order valence-corrected chi connectivity index (χ1v) is 9.22. The Labute approximate surface area is 153 Å². The van der Waals surface area contributed by atoms with Crippen LogP contribution in [0.4, 0.5) is 10.8 Å². The Morgan fingerprint density at radius 3 is 2.92 bits per heavy atom. The lowest BCUT2D eigenvalue weighted by Crippen LogP contribution is -2.31. The molecular weight excluding hydrogens is 356 g/mol. The topological polar surface area (TPSA) is 87.0 Å². The molecule has 0 unspecified atom stereocenters. The summed E-state index contributed by atoms with van der Waals surface area (Å²) in [6.45, 7) is 1.81. The fourth-order valence-corrected chi connectivity index (χ4v) is 4.28.